The Morgan fingerprint density at radius 2 is 2.37 bits per heavy atom. The van der Waals surface area contributed by atoms with Crippen molar-refractivity contribution in [3.8, 4) is 0 Å². The lowest BCUT2D eigenvalue weighted by molar-refractivity contribution is 0.0912. The molecule has 2 heterocycles. The van der Waals surface area contributed by atoms with Gasteiger partial charge in [-0.25, -0.2) is 0 Å². The van der Waals surface area contributed by atoms with Gasteiger partial charge < -0.3 is 15.0 Å². The molecule has 2 aromatic rings. The van der Waals surface area contributed by atoms with E-state index in [4.69, 9.17) is 0 Å². The molecule has 0 bridgehead atoms. The van der Waals surface area contributed by atoms with Gasteiger partial charge >= 0.3 is 0 Å². The number of hydrogen-bond acceptors (Lipinski definition) is 3. The molecule has 19 heavy (non-hydrogen) atoms. The van der Waals surface area contributed by atoms with Gasteiger partial charge in [-0.15, -0.1) is 0 Å². The second-order valence-electron chi connectivity index (χ2n) is 4.16. The van der Waals surface area contributed by atoms with Crippen molar-refractivity contribution >= 4 is 21.8 Å². The summed E-state index contributed by atoms with van der Waals surface area (Å²) in [7, 11) is 1.85. The van der Waals surface area contributed by atoms with E-state index in [-0.39, 0.29) is 12.5 Å². The van der Waals surface area contributed by atoms with Crippen molar-refractivity contribution in [2.24, 2.45) is 7.05 Å². The van der Waals surface area contributed by atoms with Crippen molar-refractivity contribution in [2.45, 2.75) is 6.10 Å². The van der Waals surface area contributed by atoms with Gasteiger partial charge in [-0.2, -0.15) is 0 Å². The van der Waals surface area contributed by atoms with Crippen LogP contribution in [0.3, 0.4) is 0 Å². The van der Waals surface area contributed by atoms with Gasteiger partial charge in [0, 0.05) is 42.3 Å². The maximum absolute atomic E-state index is 11.9. The normalized spacial score (nSPS) is 12.2. The maximum Gasteiger partial charge on any atom is 0.252 e. The van der Waals surface area contributed by atoms with E-state index in [1.54, 1.807) is 12.3 Å². The summed E-state index contributed by atoms with van der Waals surface area (Å²) < 4.78 is 2.56. The monoisotopic (exact) mass is 323 g/mol. The summed E-state index contributed by atoms with van der Waals surface area (Å²) in [5, 5.41) is 12.7. The van der Waals surface area contributed by atoms with Crippen LogP contribution in [0.4, 0.5) is 0 Å². The van der Waals surface area contributed by atoms with E-state index in [0.29, 0.717) is 5.56 Å². The van der Waals surface area contributed by atoms with Crippen LogP contribution < -0.4 is 5.32 Å². The van der Waals surface area contributed by atoms with Crippen LogP contribution in [0.25, 0.3) is 0 Å². The summed E-state index contributed by atoms with van der Waals surface area (Å²) in [6, 6.07) is 5.34. The number of carbonyl (C=O) groups is 1. The van der Waals surface area contributed by atoms with Gasteiger partial charge in [0.15, 0.2) is 0 Å². The van der Waals surface area contributed by atoms with E-state index in [9.17, 15) is 9.90 Å². The molecule has 2 rings (SSSR count). The van der Waals surface area contributed by atoms with Crippen LogP contribution in [0.5, 0.6) is 0 Å². The second kappa shape index (κ2) is 5.99. The highest BCUT2D eigenvalue weighted by Gasteiger charge is 2.13. The third-order valence-electron chi connectivity index (χ3n) is 2.75. The zero-order valence-corrected chi connectivity index (χ0v) is 12.0. The number of rotatable bonds is 4. The third kappa shape index (κ3) is 3.42. The van der Waals surface area contributed by atoms with Crippen LogP contribution in [-0.2, 0) is 7.05 Å². The Hall–Kier alpha value is -1.66. The number of carbonyl (C=O) groups excluding carboxylic acids is 1. The summed E-state index contributed by atoms with van der Waals surface area (Å²) in [6.07, 6.45) is 4.20. The van der Waals surface area contributed by atoms with Crippen molar-refractivity contribution in [3.05, 3.63) is 52.5 Å². The molecule has 1 atom stereocenters. The highest BCUT2D eigenvalue weighted by atomic mass is 79.9. The fourth-order valence-corrected chi connectivity index (χ4v) is 2.12. The third-order valence-corrected chi connectivity index (χ3v) is 3.18. The van der Waals surface area contributed by atoms with Gasteiger partial charge in [0.25, 0.3) is 5.91 Å². The number of aliphatic hydroxyl groups excluding tert-OH is 1. The molecular formula is C13H14BrN3O2. The van der Waals surface area contributed by atoms with Crippen LogP contribution in [0, 0.1) is 0 Å². The lowest BCUT2D eigenvalue weighted by Gasteiger charge is -2.13. The SMILES string of the molecule is Cn1cccc1C(O)CNC(=O)c1cncc(Br)c1. The summed E-state index contributed by atoms with van der Waals surface area (Å²) in [5.74, 6) is -0.262. The smallest absolute Gasteiger partial charge is 0.252 e. The quantitative estimate of drug-likeness (QED) is 0.899. The molecule has 0 aliphatic rings. The Morgan fingerprint density at radius 3 is 3.00 bits per heavy atom. The van der Waals surface area contributed by atoms with E-state index in [1.807, 2.05) is 29.9 Å². The van der Waals surface area contributed by atoms with E-state index in [2.05, 4.69) is 26.2 Å². The Labute approximate surface area is 119 Å². The first kappa shape index (κ1) is 13.8. The Morgan fingerprint density at radius 1 is 1.58 bits per heavy atom. The van der Waals surface area contributed by atoms with Gasteiger partial charge in [-0.05, 0) is 34.1 Å². The minimum Gasteiger partial charge on any atom is -0.385 e. The molecular weight excluding hydrogens is 310 g/mol. The molecule has 0 aliphatic heterocycles. The van der Waals surface area contributed by atoms with Gasteiger partial charge in [0.05, 0.1) is 5.56 Å². The number of aryl methyl sites for hydroxylation is 1. The molecule has 1 unspecified atom stereocenters. The van der Waals surface area contributed by atoms with Gasteiger partial charge in [-0.3, -0.25) is 9.78 Å². The topological polar surface area (TPSA) is 67.2 Å². The predicted octanol–water partition coefficient (Wildman–Crippen LogP) is 1.65. The second-order valence-corrected chi connectivity index (χ2v) is 5.08. The number of halogens is 1. The van der Waals surface area contributed by atoms with Crippen LogP contribution >= 0.6 is 15.9 Å². The highest BCUT2D eigenvalue weighted by molar-refractivity contribution is 9.10. The Kier molecular flexibility index (Phi) is 4.34. The molecule has 1 amide bonds. The minimum atomic E-state index is -0.732. The molecule has 0 radical (unpaired) electrons. The standard InChI is InChI=1S/C13H14BrN3O2/c1-17-4-2-3-11(17)12(18)8-16-13(19)9-5-10(14)7-15-6-9/h2-7,12,18H,8H2,1H3,(H,16,19). The number of nitrogens with one attached hydrogen (secondary N) is 1. The van der Waals surface area contributed by atoms with Gasteiger partial charge in [-0.1, -0.05) is 0 Å². The number of aliphatic hydroxyl groups is 1. The van der Waals surface area contributed by atoms with Crippen LogP contribution in [-0.4, -0.2) is 27.1 Å². The Balaban J connectivity index is 1.96. The first-order chi connectivity index (χ1) is 9.08. The first-order valence-electron chi connectivity index (χ1n) is 5.76. The first-order valence-corrected chi connectivity index (χ1v) is 6.55. The molecule has 6 heteroatoms. The summed E-state index contributed by atoms with van der Waals surface area (Å²) in [5.41, 5.74) is 1.21. The molecule has 100 valence electrons. The van der Waals surface area contributed by atoms with Crippen molar-refractivity contribution < 1.29 is 9.90 Å². The number of nitrogens with zero attached hydrogens (tertiary/aromatic N) is 2. The molecule has 0 fully saturated rings. The number of aromatic nitrogens is 2. The average molecular weight is 324 g/mol. The fourth-order valence-electron chi connectivity index (χ4n) is 1.75. The summed E-state index contributed by atoms with van der Waals surface area (Å²) in [6.45, 7) is 0.156. The number of pyridine rings is 1. The number of amides is 1. The van der Waals surface area contributed by atoms with Crippen LogP contribution in [0.2, 0.25) is 0 Å². The number of hydrogen-bond donors (Lipinski definition) is 2. The highest BCUT2D eigenvalue weighted by Crippen LogP contribution is 2.12. The largest absolute Gasteiger partial charge is 0.385 e. The predicted molar refractivity (Wildman–Crippen MR) is 74.6 cm³/mol. The van der Waals surface area contributed by atoms with Crippen LogP contribution in [0.15, 0.2) is 41.3 Å². The Bertz CT molecular complexity index is 583. The molecule has 0 aliphatic carbocycles. The summed E-state index contributed by atoms with van der Waals surface area (Å²) >= 11 is 3.26. The van der Waals surface area contributed by atoms with Crippen molar-refractivity contribution in [3.63, 3.8) is 0 Å². The van der Waals surface area contributed by atoms with E-state index in [0.717, 1.165) is 10.2 Å². The van der Waals surface area contributed by atoms with Crippen molar-refractivity contribution in [2.75, 3.05) is 6.54 Å². The molecule has 0 saturated carbocycles. The molecule has 2 N–H and O–H groups in total. The lowest BCUT2D eigenvalue weighted by atomic mass is 10.2. The molecule has 0 spiro atoms. The summed E-state index contributed by atoms with van der Waals surface area (Å²) in [4.78, 5) is 15.8. The fraction of sp³-hybridized carbons (Fsp3) is 0.231. The zero-order chi connectivity index (χ0) is 13.8. The van der Waals surface area contributed by atoms with Gasteiger partial charge in [0.2, 0.25) is 0 Å². The van der Waals surface area contributed by atoms with E-state index in [1.165, 1.54) is 6.20 Å². The van der Waals surface area contributed by atoms with Crippen LogP contribution in [0.1, 0.15) is 22.2 Å². The molecule has 5 nitrogen and oxygen atoms in total. The molecule has 0 aromatic carbocycles. The molecule has 0 saturated heterocycles. The minimum absolute atomic E-state index is 0.156. The van der Waals surface area contributed by atoms with E-state index >= 15 is 0 Å². The van der Waals surface area contributed by atoms with E-state index < -0.39 is 6.10 Å². The van der Waals surface area contributed by atoms with Gasteiger partial charge in [0.1, 0.15) is 6.10 Å². The zero-order valence-electron chi connectivity index (χ0n) is 10.4. The van der Waals surface area contributed by atoms with Crippen molar-refractivity contribution in [1.82, 2.24) is 14.9 Å². The lowest BCUT2D eigenvalue weighted by Crippen LogP contribution is -2.29. The maximum atomic E-state index is 11.9. The van der Waals surface area contributed by atoms with Crippen molar-refractivity contribution in [1.29, 1.82) is 0 Å². The molecule has 2 aromatic heterocycles. The average Bonchev–Trinajstić information content (AvgIpc) is 2.82.